The van der Waals surface area contributed by atoms with E-state index in [0.29, 0.717) is 12.2 Å². The van der Waals surface area contributed by atoms with Gasteiger partial charge in [0.2, 0.25) is 0 Å². The second-order valence-corrected chi connectivity index (χ2v) is 15.6. The topological polar surface area (TPSA) is 98.4 Å². The van der Waals surface area contributed by atoms with Crippen molar-refractivity contribution in [3.8, 4) is 6.07 Å². The Labute approximate surface area is 223 Å². The van der Waals surface area contributed by atoms with E-state index < -0.39 is 22.3 Å². The largest absolute Gasteiger partial charge is 0.394 e. The Morgan fingerprint density at radius 3 is 2.24 bits per heavy atom. The number of carbonyl (C=O) groups excluding carboxylic acids is 2. The van der Waals surface area contributed by atoms with Gasteiger partial charge in [0.15, 0.2) is 5.78 Å². The highest BCUT2D eigenvalue weighted by molar-refractivity contribution is 6.04. The molecule has 0 saturated heterocycles. The average Bonchev–Trinajstić information content (AvgIpc) is 2.82. The van der Waals surface area contributed by atoms with Gasteiger partial charge >= 0.3 is 0 Å². The standard InChI is InChI=1S/C32H47NO4/c1-27(2)10-12-32(24(36)18-34)13-11-31(7)25(20(32)16-27)21(35)14-23-29(5)15-19(17-33)26(37)28(3,4)22(29)8-9-30(23,31)6/h15,20,22-25,34,36H,8-14,16,18H2,1-7H3/t20?,22-,23+,24+,25?,29-,30+,31+,32-/m0/s1. The minimum Gasteiger partial charge on any atom is -0.394 e. The van der Waals surface area contributed by atoms with Gasteiger partial charge in [0.1, 0.15) is 11.9 Å². The monoisotopic (exact) mass is 509 g/mol. The van der Waals surface area contributed by atoms with Crippen LogP contribution in [0.15, 0.2) is 11.6 Å². The molecule has 0 aromatic rings. The van der Waals surface area contributed by atoms with Crippen molar-refractivity contribution in [2.75, 3.05) is 6.61 Å². The summed E-state index contributed by atoms with van der Waals surface area (Å²) in [5.41, 5.74) is -1.42. The molecule has 0 radical (unpaired) electrons. The molecule has 0 aliphatic heterocycles. The lowest BCUT2D eigenvalue weighted by atomic mass is 9.31. The molecular weight excluding hydrogens is 462 g/mol. The van der Waals surface area contributed by atoms with Gasteiger partial charge in [-0.1, -0.05) is 54.5 Å². The quantitative estimate of drug-likeness (QED) is 0.502. The van der Waals surface area contributed by atoms with E-state index in [1.807, 2.05) is 19.9 Å². The number of hydrogen-bond donors (Lipinski definition) is 2. The number of ketones is 2. The van der Waals surface area contributed by atoms with Gasteiger partial charge < -0.3 is 10.2 Å². The van der Waals surface area contributed by atoms with Crippen LogP contribution in [-0.2, 0) is 9.59 Å². The number of carbonyl (C=O) groups is 2. The number of allylic oxidation sites excluding steroid dienone is 2. The minimum absolute atomic E-state index is 0.0579. The first kappa shape index (κ1) is 27.1. The van der Waals surface area contributed by atoms with Crippen molar-refractivity contribution < 1.29 is 19.8 Å². The highest BCUT2D eigenvalue weighted by atomic mass is 16.3. The van der Waals surface area contributed by atoms with E-state index in [0.717, 1.165) is 44.9 Å². The number of aliphatic hydroxyl groups is 2. The molecule has 4 fully saturated rings. The number of fused-ring (bicyclic) bond motifs is 7. The maximum atomic E-state index is 14.4. The second kappa shape index (κ2) is 8.01. The van der Waals surface area contributed by atoms with Crippen LogP contribution in [0, 0.1) is 67.5 Å². The van der Waals surface area contributed by atoms with Gasteiger partial charge in [-0.3, -0.25) is 9.59 Å². The Hall–Kier alpha value is -1.51. The van der Waals surface area contributed by atoms with E-state index in [9.17, 15) is 25.1 Å². The van der Waals surface area contributed by atoms with Gasteiger partial charge in [-0.2, -0.15) is 5.26 Å². The van der Waals surface area contributed by atoms with Crippen LogP contribution in [0.1, 0.15) is 99.8 Å². The Kier molecular flexibility index (Phi) is 5.86. The number of aliphatic hydroxyl groups excluding tert-OH is 2. The van der Waals surface area contributed by atoms with Crippen molar-refractivity contribution in [1.82, 2.24) is 0 Å². The lowest BCUT2D eigenvalue weighted by Crippen LogP contribution is -2.69. The first-order valence-corrected chi connectivity index (χ1v) is 14.5. The third kappa shape index (κ3) is 3.27. The number of nitrogens with zero attached hydrogens (tertiary/aromatic N) is 1. The fraction of sp³-hybridized carbons (Fsp3) is 0.844. The lowest BCUT2D eigenvalue weighted by Gasteiger charge is -2.72. The Bertz CT molecular complexity index is 1100. The molecule has 5 aliphatic carbocycles. The van der Waals surface area contributed by atoms with E-state index >= 15 is 0 Å². The summed E-state index contributed by atoms with van der Waals surface area (Å²) in [6.07, 6.45) is 7.96. The zero-order chi connectivity index (χ0) is 27.4. The number of rotatable bonds is 2. The van der Waals surface area contributed by atoms with E-state index in [1.54, 1.807) is 0 Å². The highest BCUT2D eigenvalue weighted by Crippen LogP contribution is 2.76. The fourth-order valence-electron chi connectivity index (χ4n) is 11.1. The predicted octanol–water partition coefficient (Wildman–Crippen LogP) is 5.64. The number of hydrogen-bond acceptors (Lipinski definition) is 5. The first-order chi connectivity index (χ1) is 17.0. The average molecular weight is 510 g/mol. The molecule has 0 heterocycles. The van der Waals surface area contributed by atoms with Crippen LogP contribution < -0.4 is 0 Å². The van der Waals surface area contributed by atoms with Crippen LogP contribution in [0.4, 0.5) is 0 Å². The number of nitriles is 1. The van der Waals surface area contributed by atoms with Crippen molar-refractivity contribution >= 4 is 11.6 Å². The molecule has 4 saturated carbocycles. The third-order valence-electron chi connectivity index (χ3n) is 13.4. The van der Waals surface area contributed by atoms with Gasteiger partial charge in [0.05, 0.1) is 18.3 Å². The van der Waals surface area contributed by atoms with Crippen molar-refractivity contribution in [3.05, 3.63) is 11.6 Å². The predicted molar refractivity (Wildman–Crippen MR) is 142 cm³/mol. The minimum atomic E-state index is -0.795. The molecule has 2 unspecified atom stereocenters. The van der Waals surface area contributed by atoms with E-state index in [2.05, 4.69) is 40.7 Å². The normalized spacial score (nSPS) is 48.9. The zero-order valence-corrected chi connectivity index (χ0v) is 24.0. The molecule has 2 N–H and O–H groups in total. The van der Waals surface area contributed by atoms with Crippen molar-refractivity contribution in [1.29, 1.82) is 5.26 Å². The molecule has 0 amide bonds. The van der Waals surface area contributed by atoms with Crippen molar-refractivity contribution in [2.24, 2.45) is 56.2 Å². The summed E-state index contributed by atoms with van der Waals surface area (Å²) in [6.45, 7) is 15.3. The van der Waals surface area contributed by atoms with Gasteiger partial charge in [0.25, 0.3) is 0 Å². The van der Waals surface area contributed by atoms with Gasteiger partial charge in [-0.15, -0.1) is 0 Å². The summed E-state index contributed by atoms with van der Waals surface area (Å²) >= 11 is 0. The summed E-state index contributed by atoms with van der Waals surface area (Å²) in [7, 11) is 0. The summed E-state index contributed by atoms with van der Waals surface area (Å²) < 4.78 is 0. The molecule has 5 heteroatoms. The zero-order valence-electron chi connectivity index (χ0n) is 24.0. The molecule has 5 nitrogen and oxygen atoms in total. The molecule has 0 aromatic carbocycles. The summed E-state index contributed by atoms with van der Waals surface area (Å²) in [5, 5.41) is 31.2. The lowest BCUT2D eigenvalue weighted by molar-refractivity contribution is -0.236. The molecule has 5 rings (SSSR count). The third-order valence-corrected chi connectivity index (χ3v) is 13.4. The maximum Gasteiger partial charge on any atom is 0.178 e. The first-order valence-electron chi connectivity index (χ1n) is 14.5. The van der Waals surface area contributed by atoms with Crippen LogP contribution in [0.3, 0.4) is 0 Å². The maximum absolute atomic E-state index is 14.4. The van der Waals surface area contributed by atoms with Crippen LogP contribution in [0.5, 0.6) is 0 Å². The van der Waals surface area contributed by atoms with Gasteiger partial charge in [0, 0.05) is 23.2 Å². The van der Waals surface area contributed by atoms with Crippen LogP contribution in [0.2, 0.25) is 0 Å². The Balaban J connectivity index is 1.64. The second-order valence-electron chi connectivity index (χ2n) is 15.6. The summed E-state index contributed by atoms with van der Waals surface area (Å²) in [4.78, 5) is 27.7. The Morgan fingerprint density at radius 1 is 0.973 bits per heavy atom. The van der Waals surface area contributed by atoms with Gasteiger partial charge in [-0.05, 0) is 84.4 Å². The molecular formula is C32H47NO4. The summed E-state index contributed by atoms with van der Waals surface area (Å²) in [5.74, 6) is 0.324. The molecule has 5 aliphatic rings. The van der Waals surface area contributed by atoms with E-state index in [-0.39, 0.29) is 57.9 Å². The van der Waals surface area contributed by atoms with E-state index in [4.69, 9.17) is 0 Å². The molecule has 204 valence electrons. The fourth-order valence-corrected chi connectivity index (χ4v) is 11.1. The Morgan fingerprint density at radius 2 is 1.62 bits per heavy atom. The molecule has 37 heavy (non-hydrogen) atoms. The van der Waals surface area contributed by atoms with Crippen LogP contribution in [-0.4, -0.2) is 34.5 Å². The van der Waals surface area contributed by atoms with Crippen LogP contribution >= 0.6 is 0 Å². The van der Waals surface area contributed by atoms with Crippen molar-refractivity contribution in [3.63, 3.8) is 0 Å². The van der Waals surface area contributed by atoms with Gasteiger partial charge in [-0.25, -0.2) is 0 Å². The summed E-state index contributed by atoms with van der Waals surface area (Å²) in [6, 6.07) is 2.20. The smallest absolute Gasteiger partial charge is 0.178 e. The molecule has 0 spiro atoms. The highest BCUT2D eigenvalue weighted by Gasteiger charge is 2.72. The number of Topliss-reactive ketones (excluding diaryl/α,β-unsaturated/α-hetero) is 2. The molecule has 9 atom stereocenters. The molecule has 0 aromatic heterocycles. The van der Waals surface area contributed by atoms with Crippen LogP contribution in [0.25, 0.3) is 0 Å². The SMILES string of the molecule is CC1(C)CC[C@]2([C@H](O)CO)CC[C@]3(C)C(C(=O)C[C@@H]4[C@@]5(C)C=C(C#N)C(=O)C(C)(C)[C@@H]5CC[C@]43C)C2C1. The van der Waals surface area contributed by atoms with E-state index in [1.165, 1.54) is 0 Å². The molecule has 0 bridgehead atoms. The van der Waals surface area contributed by atoms with Crippen molar-refractivity contribution in [2.45, 2.75) is 106 Å².